The molecule has 0 bridgehead atoms. The lowest BCUT2D eigenvalue weighted by atomic mass is 9.87. The summed E-state index contributed by atoms with van der Waals surface area (Å²) >= 11 is 0. The Balaban J connectivity index is 2.24. The van der Waals surface area contributed by atoms with Crippen LogP contribution in [-0.2, 0) is 0 Å². The van der Waals surface area contributed by atoms with Gasteiger partial charge in [-0.3, -0.25) is 0 Å². The fourth-order valence-corrected chi connectivity index (χ4v) is 2.23. The Hall–Kier alpha value is -1.00. The summed E-state index contributed by atoms with van der Waals surface area (Å²) in [4.78, 5) is 2.16. The Labute approximate surface area is 94.0 Å². The maximum Gasteiger partial charge on any atom is 0.159 e. The van der Waals surface area contributed by atoms with E-state index in [9.17, 15) is 8.78 Å². The summed E-state index contributed by atoms with van der Waals surface area (Å²) in [5.41, 5.74) is 6.81. The van der Waals surface area contributed by atoms with Crippen molar-refractivity contribution in [3.63, 3.8) is 0 Å². The van der Waals surface area contributed by atoms with Crippen LogP contribution in [0.4, 0.5) is 8.78 Å². The van der Waals surface area contributed by atoms with Gasteiger partial charge in [0.05, 0.1) is 0 Å². The highest BCUT2D eigenvalue weighted by Gasteiger charge is 2.26. The van der Waals surface area contributed by atoms with Crippen LogP contribution in [0.1, 0.15) is 17.9 Å². The highest BCUT2D eigenvalue weighted by molar-refractivity contribution is 5.24. The normalized spacial score (nSPS) is 27.0. The summed E-state index contributed by atoms with van der Waals surface area (Å²) in [7, 11) is 2.01. The lowest BCUT2D eigenvalue weighted by Gasteiger charge is -2.35. The molecule has 0 saturated carbocycles. The average Bonchev–Trinajstić information content (AvgIpc) is 2.26. The van der Waals surface area contributed by atoms with Crippen molar-refractivity contribution in [1.29, 1.82) is 0 Å². The first-order valence-corrected chi connectivity index (χ1v) is 5.47. The van der Waals surface area contributed by atoms with Gasteiger partial charge in [-0.1, -0.05) is 6.07 Å². The zero-order valence-electron chi connectivity index (χ0n) is 9.29. The van der Waals surface area contributed by atoms with E-state index >= 15 is 0 Å². The Morgan fingerprint density at radius 1 is 1.31 bits per heavy atom. The van der Waals surface area contributed by atoms with Gasteiger partial charge in [0, 0.05) is 18.5 Å². The predicted molar refractivity (Wildman–Crippen MR) is 59.2 cm³/mol. The molecule has 16 heavy (non-hydrogen) atoms. The lowest BCUT2D eigenvalue weighted by molar-refractivity contribution is 0.228. The third-order valence-corrected chi connectivity index (χ3v) is 3.24. The summed E-state index contributed by atoms with van der Waals surface area (Å²) in [6.45, 7) is 1.76. The van der Waals surface area contributed by atoms with Gasteiger partial charge in [-0.15, -0.1) is 0 Å². The van der Waals surface area contributed by atoms with E-state index in [0.717, 1.165) is 25.1 Å². The minimum atomic E-state index is -0.804. The van der Waals surface area contributed by atoms with Crippen molar-refractivity contribution in [1.82, 2.24) is 4.90 Å². The van der Waals surface area contributed by atoms with Crippen LogP contribution in [0.5, 0.6) is 0 Å². The zero-order valence-corrected chi connectivity index (χ0v) is 9.29. The summed E-state index contributed by atoms with van der Waals surface area (Å²) < 4.78 is 26.0. The molecule has 1 aliphatic heterocycles. The molecular formula is C12H16F2N2. The molecule has 0 radical (unpaired) electrons. The Kier molecular flexibility index (Phi) is 3.21. The molecule has 1 aliphatic rings. The second kappa shape index (κ2) is 4.47. The fraction of sp³-hybridized carbons (Fsp3) is 0.500. The van der Waals surface area contributed by atoms with Gasteiger partial charge in [-0.05, 0) is 37.7 Å². The monoisotopic (exact) mass is 226 g/mol. The number of hydrogen-bond acceptors (Lipinski definition) is 2. The minimum absolute atomic E-state index is 0.0288. The largest absolute Gasteiger partial charge is 0.327 e. The molecule has 1 aromatic carbocycles. The summed E-state index contributed by atoms with van der Waals surface area (Å²) in [5.74, 6) is -1.51. The zero-order chi connectivity index (χ0) is 11.7. The number of likely N-dealkylation sites (tertiary alicyclic amines) is 1. The molecule has 1 aromatic rings. The Morgan fingerprint density at radius 3 is 2.75 bits per heavy atom. The third kappa shape index (κ3) is 2.23. The van der Waals surface area contributed by atoms with Crippen molar-refractivity contribution in [2.75, 3.05) is 20.1 Å². The SMILES string of the molecule is CN1CCC(N)C(c2ccc(F)c(F)c2)C1. The van der Waals surface area contributed by atoms with Crippen LogP contribution in [0, 0.1) is 11.6 Å². The first-order chi connectivity index (χ1) is 7.58. The molecule has 2 atom stereocenters. The highest BCUT2D eigenvalue weighted by atomic mass is 19.2. The van der Waals surface area contributed by atoms with Gasteiger partial charge in [-0.2, -0.15) is 0 Å². The van der Waals surface area contributed by atoms with Gasteiger partial charge in [0.25, 0.3) is 0 Å². The molecule has 2 rings (SSSR count). The van der Waals surface area contributed by atoms with E-state index in [1.165, 1.54) is 12.1 Å². The molecule has 0 aliphatic carbocycles. The van der Waals surface area contributed by atoms with Gasteiger partial charge in [0.15, 0.2) is 11.6 Å². The quantitative estimate of drug-likeness (QED) is 0.790. The molecule has 2 unspecified atom stereocenters. The van der Waals surface area contributed by atoms with Gasteiger partial charge in [0.2, 0.25) is 0 Å². The molecule has 0 amide bonds. The number of benzene rings is 1. The topological polar surface area (TPSA) is 29.3 Å². The van der Waals surface area contributed by atoms with E-state index in [1.807, 2.05) is 7.05 Å². The fourth-order valence-electron chi connectivity index (χ4n) is 2.23. The van der Waals surface area contributed by atoms with E-state index in [4.69, 9.17) is 5.73 Å². The van der Waals surface area contributed by atoms with Crippen LogP contribution in [0.25, 0.3) is 0 Å². The number of nitrogens with zero attached hydrogens (tertiary/aromatic N) is 1. The molecular weight excluding hydrogens is 210 g/mol. The molecule has 2 nitrogen and oxygen atoms in total. The molecule has 4 heteroatoms. The van der Waals surface area contributed by atoms with E-state index < -0.39 is 11.6 Å². The number of likely N-dealkylation sites (N-methyl/N-ethyl adjacent to an activating group) is 1. The van der Waals surface area contributed by atoms with E-state index in [0.29, 0.717) is 0 Å². The Morgan fingerprint density at radius 2 is 2.06 bits per heavy atom. The molecule has 1 fully saturated rings. The number of halogens is 2. The highest BCUT2D eigenvalue weighted by Crippen LogP contribution is 2.26. The van der Waals surface area contributed by atoms with Gasteiger partial charge < -0.3 is 10.6 Å². The number of hydrogen-bond donors (Lipinski definition) is 1. The van der Waals surface area contributed by atoms with E-state index in [2.05, 4.69) is 4.90 Å². The summed E-state index contributed by atoms with van der Waals surface area (Å²) in [6.07, 6.45) is 0.889. The van der Waals surface area contributed by atoms with Gasteiger partial charge in [0.1, 0.15) is 0 Å². The van der Waals surface area contributed by atoms with Crippen molar-refractivity contribution < 1.29 is 8.78 Å². The molecule has 0 aromatic heterocycles. The second-order valence-corrected chi connectivity index (χ2v) is 4.49. The number of rotatable bonds is 1. The number of nitrogens with two attached hydrogens (primary N) is 1. The van der Waals surface area contributed by atoms with Crippen LogP contribution >= 0.6 is 0 Å². The van der Waals surface area contributed by atoms with Crippen LogP contribution in [0.3, 0.4) is 0 Å². The summed E-state index contributed by atoms with van der Waals surface area (Å²) in [5, 5.41) is 0. The average molecular weight is 226 g/mol. The van der Waals surface area contributed by atoms with Crippen LogP contribution in [0.15, 0.2) is 18.2 Å². The van der Waals surface area contributed by atoms with Crippen LogP contribution < -0.4 is 5.73 Å². The van der Waals surface area contributed by atoms with Gasteiger partial charge in [-0.25, -0.2) is 8.78 Å². The maximum atomic E-state index is 13.1. The van der Waals surface area contributed by atoms with Crippen LogP contribution in [-0.4, -0.2) is 31.1 Å². The third-order valence-electron chi connectivity index (χ3n) is 3.24. The Bertz CT molecular complexity index is 381. The van der Waals surface area contributed by atoms with Gasteiger partial charge >= 0.3 is 0 Å². The first-order valence-electron chi connectivity index (χ1n) is 5.47. The predicted octanol–water partition coefficient (Wildman–Crippen LogP) is 1.71. The maximum absolute atomic E-state index is 13.1. The van der Waals surface area contributed by atoms with Crippen molar-refractivity contribution in [3.8, 4) is 0 Å². The molecule has 1 heterocycles. The minimum Gasteiger partial charge on any atom is -0.327 e. The van der Waals surface area contributed by atoms with Crippen molar-refractivity contribution in [2.45, 2.75) is 18.4 Å². The van der Waals surface area contributed by atoms with E-state index in [-0.39, 0.29) is 12.0 Å². The van der Waals surface area contributed by atoms with Crippen LogP contribution in [0.2, 0.25) is 0 Å². The first kappa shape index (κ1) is 11.5. The summed E-state index contributed by atoms with van der Waals surface area (Å²) in [6, 6.07) is 4.09. The smallest absolute Gasteiger partial charge is 0.159 e. The molecule has 2 N–H and O–H groups in total. The molecule has 0 spiro atoms. The van der Waals surface area contributed by atoms with Crippen molar-refractivity contribution >= 4 is 0 Å². The second-order valence-electron chi connectivity index (χ2n) is 4.49. The number of piperidine rings is 1. The van der Waals surface area contributed by atoms with E-state index in [1.54, 1.807) is 6.07 Å². The lowest BCUT2D eigenvalue weighted by Crippen LogP contribution is -2.44. The van der Waals surface area contributed by atoms with Crippen molar-refractivity contribution in [3.05, 3.63) is 35.4 Å². The van der Waals surface area contributed by atoms with Crippen molar-refractivity contribution in [2.24, 2.45) is 5.73 Å². The molecule has 88 valence electrons. The standard InChI is InChI=1S/C12H16F2N2/c1-16-5-4-12(15)9(7-16)8-2-3-10(13)11(14)6-8/h2-3,6,9,12H,4-5,7,15H2,1H3. The molecule has 1 saturated heterocycles.